The molecule has 83 heavy (non-hydrogen) atoms. The van der Waals surface area contributed by atoms with Crippen molar-refractivity contribution < 1.29 is 80.2 Å². The highest BCUT2D eigenvalue weighted by atomic mass is 31.2. The van der Waals surface area contributed by atoms with E-state index in [0.717, 1.165) is 109 Å². The summed E-state index contributed by atoms with van der Waals surface area (Å²) in [6.45, 7) is 9.34. The van der Waals surface area contributed by atoms with E-state index in [-0.39, 0.29) is 25.7 Å². The van der Waals surface area contributed by atoms with Crippen LogP contribution in [0.15, 0.2) is 0 Å². The predicted molar refractivity (Wildman–Crippen MR) is 331 cm³/mol. The van der Waals surface area contributed by atoms with Crippen LogP contribution in [-0.2, 0) is 65.4 Å². The van der Waals surface area contributed by atoms with Crippen molar-refractivity contribution in [1.82, 2.24) is 0 Å². The van der Waals surface area contributed by atoms with Crippen LogP contribution in [0, 0.1) is 11.8 Å². The van der Waals surface area contributed by atoms with Gasteiger partial charge in [-0.3, -0.25) is 37.3 Å². The van der Waals surface area contributed by atoms with Gasteiger partial charge in [0.1, 0.15) is 19.3 Å². The number of hydrogen-bond acceptors (Lipinski definition) is 15. The van der Waals surface area contributed by atoms with Gasteiger partial charge in [0, 0.05) is 25.7 Å². The summed E-state index contributed by atoms with van der Waals surface area (Å²) in [5, 5.41) is 10.5. The minimum Gasteiger partial charge on any atom is -0.462 e. The summed E-state index contributed by atoms with van der Waals surface area (Å²) in [5.41, 5.74) is 0. The number of rotatable bonds is 63. The van der Waals surface area contributed by atoms with E-state index >= 15 is 0 Å². The van der Waals surface area contributed by atoms with E-state index in [9.17, 15) is 43.2 Å². The van der Waals surface area contributed by atoms with Gasteiger partial charge in [-0.2, -0.15) is 0 Å². The standard InChI is InChI=1S/C64H124O17P2/c1-7-10-12-14-16-18-19-20-21-22-23-24-25-27-36-42-48-63(68)80-59(53-75-62(67)47-41-35-31-29-33-39-45-57(6)9-3)54-78-82(70,71)76-50-58(65)51-77-83(72,73)79-55-60(52-74-61(66)46-40-34-26-17-15-13-11-8-2)81-64(69)49-43-37-30-28-32-38-44-56(4)5/h56-60,65H,7-55H2,1-6H3,(H,70,71)(H,72,73)/t57?,58-,59-,60-/m1/s1. The molecule has 19 heteroatoms. The minimum absolute atomic E-state index is 0.102. The molecule has 17 nitrogen and oxygen atoms in total. The first-order valence-electron chi connectivity index (χ1n) is 33.5. The molecule has 0 aliphatic heterocycles. The van der Waals surface area contributed by atoms with E-state index in [0.29, 0.717) is 31.6 Å². The number of aliphatic hydroxyl groups excluding tert-OH is 1. The van der Waals surface area contributed by atoms with Crippen LogP contribution in [-0.4, -0.2) is 96.7 Å². The topological polar surface area (TPSA) is 237 Å². The number of phosphoric ester groups is 2. The second-order valence-electron chi connectivity index (χ2n) is 23.9. The van der Waals surface area contributed by atoms with Crippen molar-refractivity contribution in [3.8, 4) is 0 Å². The molecule has 0 rings (SSSR count). The van der Waals surface area contributed by atoms with Crippen LogP contribution < -0.4 is 0 Å². The van der Waals surface area contributed by atoms with Crippen LogP contribution in [0.25, 0.3) is 0 Å². The van der Waals surface area contributed by atoms with Gasteiger partial charge in [0.05, 0.1) is 26.4 Å². The van der Waals surface area contributed by atoms with Crippen molar-refractivity contribution >= 4 is 39.5 Å². The maximum atomic E-state index is 13.0. The molecule has 0 aromatic rings. The maximum absolute atomic E-state index is 13.0. The number of carbonyl (C=O) groups excluding carboxylic acids is 4. The zero-order chi connectivity index (χ0) is 61.5. The summed E-state index contributed by atoms with van der Waals surface area (Å²) in [6, 6.07) is 0. The number of hydrogen-bond donors (Lipinski definition) is 3. The fourth-order valence-electron chi connectivity index (χ4n) is 9.50. The fourth-order valence-corrected chi connectivity index (χ4v) is 11.1. The van der Waals surface area contributed by atoms with E-state index in [4.69, 9.17) is 37.0 Å². The molecule has 0 heterocycles. The molecule has 0 bridgehead atoms. The van der Waals surface area contributed by atoms with E-state index in [2.05, 4.69) is 41.5 Å². The lowest BCUT2D eigenvalue weighted by Gasteiger charge is -2.21. The molecular formula is C64H124O17P2. The molecule has 0 aromatic carbocycles. The van der Waals surface area contributed by atoms with Gasteiger partial charge in [0.15, 0.2) is 12.2 Å². The molecule has 0 radical (unpaired) electrons. The molecule has 0 saturated heterocycles. The molecule has 0 aromatic heterocycles. The van der Waals surface area contributed by atoms with Crippen molar-refractivity contribution in [3.63, 3.8) is 0 Å². The quantitative estimate of drug-likeness (QED) is 0.0222. The first kappa shape index (κ1) is 81.1. The lowest BCUT2D eigenvalue weighted by molar-refractivity contribution is -0.161. The lowest BCUT2D eigenvalue weighted by Crippen LogP contribution is -2.30. The van der Waals surface area contributed by atoms with Crippen LogP contribution in [0.3, 0.4) is 0 Å². The van der Waals surface area contributed by atoms with Gasteiger partial charge in [-0.15, -0.1) is 0 Å². The Hall–Kier alpha value is -1.94. The fraction of sp³-hybridized carbons (Fsp3) is 0.938. The van der Waals surface area contributed by atoms with Gasteiger partial charge in [-0.1, -0.05) is 266 Å². The van der Waals surface area contributed by atoms with Crippen LogP contribution in [0.5, 0.6) is 0 Å². The van der Waals surface area contributed by atoms with Gasteiger partial charge in [0.25, 0.3) is 0 Å². The van der Waals surface area contributed by atoms with Crippen molar-refractivity contribution in [2.45, 2.75) is 336 Å². The van der Waals surface area contributed by atoms with Gasteiger partial charge in [-0.25, -0.2) is 9.13 Å². The molecule has 6 atom stereocenters. The Labute approximate surface area is 505 Å². The average Bonchev–Trinajstić information content (AvgIpc) is 3.46. The van der Waals surface area contributed by atoms with Gasteiger partial charge in [-0.05, 0) is 37.5 Å². The molecule has 0 saturated carbocycles. The number of ether oxygens (including phenoxy) is 4. The molecule has 0 spiro atoms. The Kier molecular flexibility index (Phi) is 55.2. The highest BCUT2D eigenvalue weighted by Crippen LogP contribution is 2.45. The largest absolute Gasteiger partial charge is 0.472 e. The molecular weight excluding hydrogens is 1100 g/mol. The number of phosphoric acid groups is 2. The van der Waals surface area contributed by atoms with E-state index in [1.54, 1.807) is 0 Å². The first-order valence-corrected chi connectivity index (χ1v) is 36.5. The SMILES string of the molecule is CCCCCCCCCCCCCCCCCCC(=O)O[C@H](COC(=O)CCCCCCCCC(C)CC)COP(=O)(O)OC[C@@H](O)COP(=O)(O)OC[C@@H](COC(=O)CCCCCCCCCC)OC(=O)CCCCCCCCC(C)C. The number of aliphatic hydroxyl groups is 1. The predicted octanol–water partition coefficient (Wildman–Crippen LogP) is 17.7. The summed E-state index contributed by atoms with van der Waals surface area (Å²) in [7, 11) is -9.88. The molecule has 0 amide bonds. The Morgan fingerprint density at radius 2 is 0.614 bits per heavy atom. The Morgan fingerprint density at radius 3 is 0.916 bits per heavy atom. The zero-order valence-corrected chi connectivity index (χ0v) is 55.3. The third-order valence-corrected chi connectivity index (χ3v) is 17.0. The van der Waals surface area contributed by atoms with E-state index in [1.807, 2.05) is 0 Å². The van der Waals surface area contributed by atoms with Crippen LogP contribution >= 0.6 is 15.6 Å². The molecule has 0 aliphatic rings. The Balaban J connectivity index is 5.20. The Morgan fingerprint density at radius 1 is 0.349 bits per heavy atom. The van der Waals surface area contributed by atoms with Gasteiger partial charge >= 0.3 is 39.5 Å². The average molecular weight is 1230 g/mol. The van der Waals surface area contributed by atoms with Crippen LogP contribution in [0.2, 0.25) is 0 Å². The number of esters is 4. The van der Waals surface area contributed by atoms with Crippen molar-refractivity contribution in [3.05, 3.63) is 0 Å². The summed E-state index contributed by atoms with van der Waals surface area (Å²) >= 11 is 0. The second-order valence-corrected chi connectivity index (χ2v) is 26.8. The van der Waals surface area contributed by atoms with Gasteiger partial charge < -0.3 is 33.8 Å². The number of unbranched alkanes of at least 4 members (excludes halogenated alkanes) is 32. The van der Waals surface area contributed by atoms with Crippen molar-refractivity contribution in [1.29, 1.82) is 0 Å². The smallest absolute Gasteiger partial charge is 0.462 e. The third kappa shape index (κ3) is 57.6. The summed E-state index contributed by atoms with van der Waals surface area (Å²) < 4.78 is 67.9. The van der Waals surface area contributed by atoms with Crippen LogP contribution in [0.1, 0.15) is 318 Å². The maximum Gasteiger partial charge on any atom is 0.472 e. The highest BCUT2D eigenvalue weighted by Gasteiger charge is 2.30. The van der Waals surface area contributed by atoms with Gasteiger partial charge in [0.2, 0.25) is 0 Å². The summed E-state index contributed by atoms with van der Waals surface area (Å²) in [4.78, 5) is 72.1. The first-order chi connectivity index (χ1) is 39.9. The summed E-state index contributed by atoms with van der Waals surface area (Å²) in [6.07, 6.45) is 39.2. The molecule has 3 N–H and O–H groups in total. The minimum atomic E-state index is -4.94. The van der Waals surface area contributed by atoms with Crippen LogP contribution in [0.4, 0.5) is 0 Å². The second kappa shape index (κ2) is 56.6. The molecule has 0 aliphatic carbocycles. The lowest BCUT2D eigenvalue weighted by atomic mass is 10.00. The Bertz CT molecular complexity index is 1630. The van der Waals surface area contributed by atoms with Crippen molar-refractivity contribution in [2.24, 2.45) is 11.8 Å². The summed E-state index contributed by atoms with van der Waals surface area (Å²) in [5.74, 6) is -0.740. The van der Waals surface area contributed by atoms with E-state index < -0.39 is 97.5 Å². The van der Waals surface area contributed by atoms with E-state index in [1.165, 1.54) is 122 Å². The molecule has 3 unspecified atom stereocenters. The number of carbonyl (C=O) groups is 4. The normalized spacial score (nSPS) is 14.6. The van der Waals surface area contributed by atoms with Crippen molar-refractivity contribution in [2.75, 3.05) is 39.6 Å². The zero-order valence-electron chi connectivity index (χ0n) is 53.5. The molecule has 0 fully saturated rings. The highest BCUT2D eigenvalue weighted by molar-refractivity contribution is 7.47. The third-order valence-electron chi connectivity index (χ3n) is 15.1. The molecule has 492 valence electrons. The monoisotopic (exact) mass is 1230 g/mol.